The molecular formula is C16H22N2O2. The zero-order valence-corrected chi connectivity index (χ0v) is 12.7. The van der Waals surface area contributed by atoms with Gasteiger partial charge >= 0.3 is 5.97 Å². The summed E-state index contributed by atoms with van der Waals surface area (Å²) in [5.74, 6) is -0.332. The zero-order chi connectivity index (χ0) is 15.6. The first kappa shape index (κ1) is 16.2. The fourth-order valence-corrected chi connectivity index (χ4v) is 1.72. The lowest BCUT2D eigenvalue weighted by molar-refractivity contribution is -0.167. The highest BCUT2D eigenvalue weighted by molar-refractivity contribution is 5.77. The van der Waals surface area contributed by atoms with Crippen LogP contribution in [0.3, 0.4) is 0 Å². The Kier molecular flexibility index (Phi) is 4.57. The van der Waals surface area contributed by atoms with E-state index in [-0.39, 0.29) is 5.97 Å². The monoisotopic (exact) mass is 274 g/mol. The predicted molar refractivity (Wildman–Crippen MR) is 77.7 cm³/mol. The average Bonchev–Trinajstić information content (AvgIpc) is 2.36. The van der Waals surface area contributed by atoms with Gasteiger partial charge in [-0.25, -0.2) is 0 Å². The van der Waals surface area contributed by atoms with Crippen molar-refractivity contribution in [2.75, 3.05) is 0 Å². The van der Waals surface area contributed by atoms with Gasteiger partial charge < -0.3 is 10.5 Å². The average molecular weight is 274 g/mol. The Morgan fingerprint density at radius 2 is 1.70 bits per heavy atom. The maximum absolute atomic E-state index is 12.3. The first-order chi connectivity index (χ1) is 9.08. The van der Waals surface area contributed by atoms with Crippen molar-refractivity contribution in [2.45, 2.75) is 46.3 Å². The molecular weight excluding hydrogens is 252 g/mol. The highest BCUT2D eigenvalue weighted by Gasteiger charge is 2.38. The van der Waals surface area contributed by atoms with Gasteiger partial charge in [0.25, 0.3) is 0 Å². The molecule has 0 amide bonds. The Morgan fingerprint density at radius 3 is 2.10 bits per heavy atom. The summed E-state index contributed by atoms with van der Waals surface area (Å²) >= 11 is 0. The van der Waals surface area contributed by atoms with Crippen LogP contribution in [0.1, 0.15) is 51.8 Å². The minimum atomic E-state index is -0.846. The minimum absolute atomic E-state index is 0.332. The Hall–Kier alpha value is -1.86. The van der Waals surface area contributed by atoms with E-state index in [2.05, 4.69) is 6.07 Å². The summed E-state index contributed by atoms with van der Waals surface area (Å²) < 4.78 is 5.42. The van der Waals surface area contributed by atoms with E-state index in [9.17, 15) is 4.79 Å². The van der Waals surface area contributed by atoms with Gasteiger partial charge in [0.15, 0.2) is 0 Å². The Balaban J connectivity index is 2.95. The SMILES string of the molecule is CC(C)(C)OC(=O)C(C)(C)[C@H](N)c1ccc(C#N)cc1. The molecule has 0 fully saturated rings. The lowest BCUT2D eigenvalue weighted by Gasteiger charge is -2.33. The van der Waals surface area contributed by atoms with Gasteiger partial charge in [-0.15, -0.1) is 0 Å². The summed E-state index contributed by atoms with van der Waals surface area (Å²) in [6.45, 7) is 9.02. The summed E-state index contributed by atoms with van der Waals surface area (Å²) in [6.07, 6.45) is 0. The van der Waals surface area contributed by atoms with Crippen LogP contribution >= 0.6 is 0 Å². The molecule has 0 aliphatic heterocycles. The number of hydrogen-bond acceptors (Lipinski definition) is 4. The van der Waals surface area contributed by atoms with E-state index in [4.69, 9.17) is 15.7 Å². The van der Waals surface area contributed by atoms with Crippen LogP contribution in [0, 0.1) is 16.7 Å². The molecule has 2 N–H and O–H groups in total. The minimum Gasteiger partial charge on any atom is -0.460 e. The molecule has 4 heteroatoms. The van der Waals surface area contributed by atoms with Crippen molar-refractivity contribution in [3.63, 3.8) is 0 Å². The van der Waals surface area contributed by atoms with Gasteiger partial charge in [-0.3, -0.25) is 4.79 Å². The fourth-order valence-electron chi connectivity index (χ4n) is 1.72. The van der Waals surface area contributed by atoms with Crippen molar-refractivity contribution < 1.29 is 9.53 Å². The van der Waals surface area contributed by atoms with E-state index in [0.717, 1.165) is 5.56 Å². The molecule has 0 saturated carbocycles. The summed E-state index contributed by atoms with van der Waals surface area (Å²) in [5.41, 5.74) is 6.18. The number of carbonyl (C=O) groups excluding carboxylic acids is 1. The maximum Gasteiger partial charge on any atom is 0.313 e. The van der Waals surface area contributed by atoms with Crippen LogP contribution in [-0.4, -0.2) is 11.6 Å². The molecule has 1 aromatic rings. The van der Waals surface area contributed by atoms with Gasteiger partial charge in [0.1, 0.15) is 5.60 Å². The van der Waals surface area contributed by atoms with Gasteiger partial charge in [-0.05, 0) is 52.3 Å². The highest BCUT2D eigenvalue weighted by atomic mass is 16.6. The summed E-state index contributed by atoms with van der Waals surface area (Å²) in [7, 11) is 0. The van der Waals surface area contributed by atoms with Crippen molar-refractivity contribution in [1.29, 1.82) is 5.26 Å². The van der Waals surface area contributed by atoms with Crippen molar-refractivity contribution in [3.05, 3.63) is 35.4 Å². The Bertz CT molecular complexity index is 519. The maximum atomic E-state index is 12.3. The van der Waals surface area contributed by atoms with E-state index in [1.807, 2.05) is 20.8 Å². The molecule has 1 rings (SSSR count). The van der Waals surface area contributed by atoms with Crippen LogP contribution in [-0.2, 0) is 9.53 Å². The van der Waals surface area contributed by atoms with Crippen LogP contribution < -0.4 is 5.73 Å². The number of hydrogen-bond donors (Lipinski definition) is 1. The van der Waals surface area contributed by atoms with Crippen LogP contribution in [0.15, 0.2) is 24.3 Å². The zero-order valence-electron chi connectivity index (χ0n) is 12.7. The van der Waals surface area contributed by atoms with Crippen molar-refractivity contribution in [3.8, 4) is 6.07 Å². The molecule has 1 aromatic carbocycles. The van der Waals surface area contributed by atoms with Gasteiger partial charge in [0, 0.05) is 6.04 Å². The first-order valence-electron chi connectivity index (χ1n) is 6.57. The van der Waals surface area contributed by atoms with Crippen molar-refractivity contribution >= 4 is 5.97 Å². The summed E-state index contributed by atoms with van der Waals surface area (Å²) in [5, 5.41) is 8.79. The molecule has 4 nitrogen and oxygen atoms in total. The second kappa shape index (κ2) is 5.64. The number of nitriles is 1. The van der Waals surface area contributed by atoms with Gasteiger partial charge in [-0.2, -0.15) is 5.26 Å². The Labute approximate surface area is 120 Å². The molecule has 0 unspecified atom stereocenters. The molecule has 0 aromatic heterocycles. The molecule has 0 heterocycles. The molecule has 0 saturated heterocycles. The number of ether oxygens (including phenoxy) is 1. The molecule has 0 aliphatic rings. The van der Waals surface area contributed by atoms with Gasteiger partial charge in [-0.1, -0.05) is 12.1 Å². The van der Waals surface area contributed by atoms with Crippen LogP contribution in [0.2, 0.25) is 0 Å². The second-order valence-corrected chi connectivity index (χ2v) is 6.44. The van der Waals surface area contributed by atoms with E-state index in [1.165, 1.54) is 0 Å². The Morgan fingerprint density at radius 1 is 1.20 bits per heavy atom. The summed E-state index contributed by atoms with van der Waals surface area (Å²) in [6, 6.07) is 8.49. The molecule has 0 radical (unpaired) electrons. The number of esters is 1. The molecule has 108 valence electrons. The number of carbonyl (C=O) groups is 1. The number of rotatable bonds is 3. The lowest BCUT2D eigenvalue weighted by atomic mass is 9.80. The quantitative estimate of drug-likeness (QED) is 0.860. The normalized spacial score (nSPS) is 13.4. The number of benzene rings is 1. The third kappa shape index (κ3) is 3.82. The fraction of sp³-hybridized carbons (Fsp3) is 0.500. The number of nitrogens with two attached hydrogens (primary N) is 1. The number of nitrogens with zero attached hydrogens (tertiary/aromatic N) is 1. The van der Waals surface area contributed by atoms with Crippen LogP contribution in [0.5, 0.6) is 0 Å². The van der Waals surface area contributed by atoms with Crippen molar-refractivity contribution in [2.24, 2.45) is 11.1 Å². The molecule has 20 heavy (non-hydrogen) atoms. The van der Waals surface area contributed by atoms with E-state index in [0.29, 0.717) is 5.56 Å². The predicted octanol–water partition coefficient (Wildman–Crippen LogP) is 2.93. The molecule has 0 bridgehead atoms. The van der Waals surface area contributed by atoms with E-state index in [1.54, 1.807) is 38.1 Å². The van der Waals surface area contributed by atoms with E-state index < -0.39 is 17.1 Å². The van der Waals surface area contributed by atoms with Gasteiger partial charge in [0.05, 0.1) is 17.0 Å². The molecule has 1 atom stereocenters. The van der Waals surface area contributed by atoms with Crippen LogP contribution in [0.4, 0.5) is 0 Å². The third-order valence-electron chi connectivity index (χ3n) is 3.10. The second-order valence-electron chi connectivity index (χ2n) is 6.44. The molecule has 0 aliphatic carbocycles. The standard InChI is InChI=1S/C16H22N2O2/c1-15(2,3)20-14(19)16(4,5)13(18)12-8-6-11(10-17)7-9-12/h6-9,13H,18H2,1-5H3/t13-/m1/s1. The van der Waals surface area contributed by atoms with E-state index >= 15 is 0 Å². The smallest absolute Gasteiger partial charge is 0.313 e. The van der Waals surface area contributed by atoms with Gasteiger partial charge in [0.2, 0.25) is 0 Å². The van der Waals surface area contributed by atoms with Crippen LogP contribution in [0.25, 0.3) is 0 Å². The summed E-state index contributed by atoms with van der Waals surface area (Å²) in [4.78, 5) is 12.3. The highest BCUT2D eigenvalue weighted by Crippen LogP contribution is 2.34. The lowest BCUT2D eigenvalue weighted by Crippen LogP contribution is -2.41. The topological polar surface area (TPSA) is 76.1 Å². The third-order valence-corrected chi connectivity index (χ3v) is 3.10. The van der Waals surface area contributed by atoms with Crippen molar-refractivity contribution in [1.82, 2.24) is 0 Å². The largest absolute Gasteiger partial charge is 0.460 e. The first-order valence-corrected chi connectivity index (χ1v) is 6.57. The molecule has 0 spiro atoms.